The Labute approximate surface area is 72.3 Å². The minimum Gasteiger partial charge on any atom is -0.478 e. The Balaban J connectivity index is 2.92. The molecule has 0 aliphatic heterocycles. The molecule has 1 heterocycles. The standard InChI is InChI=1S/C8H5F2NO2/c9-6-3-5(1-2-7(12)13)4-11-8(6)10/h1-4H,(H,12,13). The zero-order chi connectivity index (χ0) is 9.84. The van der Waals surface area contributed by atoms with Crippen molar-refractivity contribution in [1.29, 1.82) is 0 Å². The van der Waals surface area contributed by atoms with Crippen molar-refractivity contribution in [3.05, 3.63) is 35.7 Å². The molecule has 68 valence electrons. The molecule has 0 bridgehead atoms. The molecule has 0 spiro atoms. The predicted octanol–water partition coefficient (Wildman–Crippen LogP) is 1.46. The molecule has 0 aliphatic rings. The van der Waals surface area contributed by atoms with Gasteiger partial charge in [0, 0.05) is 12.3 Å². The third-order valence-corrected chi connectivity index (χ3v) is 1.24. The van der Waals surface area contributed by atoms with Crippen LogP contribution in [0.1, 0.15) is 5.56 Å². The number of aliphatic carboxylic acids is 1. The van der Waals surface area contributed by atoms with E-state index in [1.165, 1.54) is 0 Å². The Morgan fingerprint density at radius 1 is 1.54 bits per heavy atom. The van der Waals surface area contributed by atoms with Gasteiger partial charge in [-0.2, -0.15) is 4.39 Å². The lowest BCUT2D eigenvalue weighted by molar-refractivity contribution is -0.131. The first-order valence-corrected chi connectivity index (χ1v) is 3.31. The van der Waals surface area contributed by atoms with Crippen LogP contribution in [0, 0.1) is 11.8 Å². The van der Waals surface area contributed by atoms with E-state index in [1.54, 1.807) is 0 Å². The molecule has 0 fully saturated rings. The van der Waals surface area contributed by atoms with Crippen LogP contribution >= 0.6 is 0 Å². The summed E-state index contributed by atoms with van der Waals surface area (Å²) in [4.78, 5) is 13.1. The minimum absolute atomic E-state index is 0.196. The summed E-state index contributed by atoms with van der Waals surface area (Å²) in [7, 11) is 0. The van der Waals surface area contributed by atoms with E-state index >= 15 is 0 Å². The Bertz CT molecular complexity index is 363. The summed E-state index contributed by atoms with van der Waals surface area (Å²) in [5.74, 6) is -3.47. The van der Waals surface area contributed by atoms with Crippen LogP contribution in [-0.4, -0.2) is 16.1 Å². The van der Waals surface area contributed by atoms with Crippen molar-refractivity contribution in [2.45, 2.75) is 0 Å². The van der Waals surface area contributed by atoms with Gasteiger partial charge in [0.25, 0.3) is 0 Å². The fourth-order valence-electron chi connectivity index (χ4n) is 0.695. The number of carboxylic acid groups (broad SMARTS) is 1. The third kappa shape index (κ3) is 2.62. The molecule has 0 atom stereocenters. The molecule has 3 nitrogen and oxygen atoms in total. The van der Waals surface area contributed by atoms with Crippen LogP contribution in [0.2, 0.25) is 0 Å². The van der Waals surface area contributed by atoms with Gasteiger partial charge in [0.2, 0.25) is 5.95 Å². The van der Waals surface area contributed by atoms with Crippen molar-refractivity contribution >= 4 is 12.0 Å². The Morgan fingerprint density at radius 3 is 2.77 bits per heavy atom. The molecule has 1 N–H and O–H groups in total. The number of hydrogen-bond acceptors (Lipinski definition) is 2. The van der Waals surface area contributed by atoms with Gasteiger partial charge in [0.15, 0.2) is 5.82 Å². The molecule has 0 saturated carbocycles. The van der Waals surface area contributed by atoms with Crippen LogP contribution in [-0.2, 0) is 4.79 Å². The van der Waals surface area contributed by atoms with E-state index in [-0.39, 0.29) is 5.56 Å². The van der Waals surface area contributed by atoms with Gasteiger partial charge >= 0.3 is 5.97 Å². The van der Waals surface area contributed by atoms with Gasteiger partial charge in [-0.25, -0.2) is 14.2 Å². The quantitative estimate of drug-likeness (QED) is 0.560. The summed E-state index contributed by atoms with van der Waals surface area (Å²) in [5.41, 5.74) is 0.196. The number of pyridine rings is 1. The molecule has 0 unspecified atom stereocenters. The van der Waals surface area contributed by atoms with Gasteiger partial charge in [-0.3, -0.25) is 0 Å². The summed E-state index contributed by atoms with van der Waals surface area (Å²) in [6, 6.07) is 0.863. The van der Waals surface area contributed by atoms with Crippen molar-refractivity contribution in [2.24, 2.45) is 0 Å². The van der Waals surface area contributed by atoms with Gasteiger partial charge in [-0.15, -0.1) is 0 Å². The molecule has 13 heavy (non-hydrogen) atoms. The van der Waals surface area contributed by atoms with E-state index < -0.39 is 17.7 Å². The zero-order valence-electron chi connectivity index (χ0n) is 6.37. The summed E-state index contributed by atoms with van der Waals surface area (Å²) in [6.45, 7) is 0. The van der Waals surface area contributed by atoms with E-state index in [0.717, 1.165) is 24.4 Å². The number of carboxylic acids is 1. The number of rotatable bonds is 2. The molecule has 5 heteroatoms. The van der Waals surface area contributed by atoms with Crippen LogP contribution in [0.3, 0.4) is 0 Å². The summed E-state index contributed by atoms with van der Waals surface area (Å²) < 4.78 is 24.8. The second-order valence-electron chi connectivity index (χ2n) is 2.21. The summed E-state index contributed by atoms with van der Waals surface area (Å²) in [6.07, 6.45) is 2.98. The lowest BCUT2D eigenvalue weighted by Gasteiger charge is -1.93. The number of hydrogen-bond donors (Lipinski definition) is 1. The van der Waals surface area contributed by atoms with E-state index in [4.69, 9.17) is 5.11 Å². The first-order chi connectivity index (χ1) is 6.09. The van der Waals surface area contributed by atoms with Crippen molar-refractivity contribution in [2.75, 3.05) is 0 Å². The van der Waals surface area contributed by atoms with Gasteiger partial charge < -0.3 is 5.11 Å². The fraction of sp³-hybridized carbons (Fsp3) is 0. The van der Waals surface area contributed by atoms with Crippen LogP contribution in [0.5, 0.6) is 0 Å². The summed E-state index contributed by atoms with van der Waals surface area (Å²) >= 11 is 0. The highest BCUT2D eigenvalue weighted by molar-refractivity contribution is 5.85. The molecule has 0 saturated heterocycles. The third-order valence-electron chi connectivity index (χ3n) is 1.24. The van der Waals surface area contributed by atoms with Crippen molar-refractivity contribution < 1.29 is 18.7 Å². The number of halogens is 2. The van der Waals surface area contributed by atoms with E-state index in [2.05, 4.69) is 4.98 Å². The number of nitrogens with zero attached hydrogens (tertiary/aromatic N) is 1. The summed E-state index contributed by atoms with van der Waals surface area (Å²) in [5, 5.41) is 8.22. The maximum absolute atomic E-state index is 12.5. The van der Waals surface area contributed by atoms with Gasteiger partial charge in [-0.1, -0.05) is 0 Å². The lowest BCUT2D eigenvalue weighted by atomic mass is 10.2. The van der Waals surface area contributed by atoms with Gasteiger partial charge in [0.05, 0.1) is 0 Å². The van der Waals surface area contributed by atoms with E-state index in [0.29, 0.717) is 0 Å². The normalized spacial score (nSPS) is 10.6. The smallest absolute Gasteiger partial charge is 0.328 e. The van der Waals surface area contributed by atoms with E-state index in [1.807, 2.05) is 0 Å². The second-order valence-corrected chi connectivity index (χ2v) is 2.21. The maximum Gasteiger partial charge on any atom is 0.328 e. The van der Waals surface area contributed by atoms with Crippen molar-refractivity contribution in [3.8, 4) is 0 Å². The highest BCUT2D eigenvalue weighted by Crippen LogP contribution is 2.06. The van der Waals surface area contributed by atoms with Gasteiger partial charge in [0.1, 0.15) is 0 Å². The highest BCUT2D eigenvalue weighted by atomic mass is 19.2. The first kappa shape index (κ1) is 9.31. The Hall–Kier alpha value is -1.78. The molecule has 0 amide bonds. The minimum atomic E-state index is -1.20. The van der Waals surface area contributed by atoms with E-state index in [9.17, 15) is 13.6 Å². The van der Waals surface area contributed by atoms with Crippen LogP contribution in [0.4, 0.5) is 8.78 Å². The molecule has 1 rings (SSSR count). The van der Waals surface area contributed by atoms with Gasteiger partial charge in [-0.05, 0) is 17.7 Å². The first-order valence-electron chi connectivity index (χ1n) is 3.31. The maximum atomic E-state index is 12.5. The van der Waals surface area contributed by atoms with Crippen molar-refractivity contribution in [3.63, 3.8) is 0 Å². The highest BCUT2D eigenvalue weighted by Gasteiger charge is 2.01. The zero-order valence-corrected chi connectivity index (χ0v) is 6.37. The second kappa shape index (κ2) is 3.75. The topological polar surface area (TPSA) is 50.2 Å². The molecular weight excluding hydrogens is 180 g/mol. The predicted molar refractivity (Wildman–Crippen MR) is 40.8 cm³/mol. The molecule has 0 radical (unpaired) electrons. The lowest BCUT2D eigenvalue weighted by Crippen LogP contribution is -1.90. The molecule has 1 aromatic heterocycles. The monoisotopic (exact) mass is 185 g/mol. The molecule has 0 aromatic carbocycles. The average Bonchev–Trinajstić information content (AvgIpc) is 2.07. The number of aromatic nitrogens is 1. The van der Waals surface area contributed by atoms with Crippen LogP contribution in [0.15, 0.2) is 18.3 Å². The Morgan fingerprint density at radius 2 is 2.23 bits per heavy atom. The number of carbonyl (C=O) groups is 1. The Kier molecular flexibility index (Phi) is 2.69. The molecule has 1 aromatic rings. The molecule has 0 aliphatic carbocycles. The fourth-order valence-corrected chi connectivity index (χ4v) is 0.695. The molecular formula is C8H5F2NO2. The average molecular weight is 185 g/mol. The van der Waals surface area contributed by atoms with Crippen molar-refractivity contribution in [1.82, 2.24) is 4.98 Å². The SMILES string of the molecule is O=C(O)C=Cc1cnc(F)c(F)c1. The van der Waals surface area contributed by atoms with Crippen LogP contribution in [0.25, 0.3) is 6.08 Å². The van der Waals surface area contributed by atoms with Crippen LogP contribution < -0.4 is 0 Å². The largest absolute Gasteiger partial charge is 0.478 e.